The Labute approximate surface area is 151 Å². The van der Waals surface area contributed by atoms with Crippen LogP contribution in [0, 0.1) is 18.7 Å². The van der Waals surface area contributed by atoms with E-state index in [1.165, 1.54) is 30.6 Å². The molecule has 0 nitrogen and oxygen atoms in total. The SMILES string of the molecule is CCC1=C[CH]C2=c3cc/c(=C4\[CH]C(F)=C(C)C(F)=C4)c(F)c3CCC2=C1. The lowest BCUT2D eigenvalue weighted by Crippen LogP contribution is -2.28. The number of hydrogen-bond donors (Lipinski definition) is 0. The van der Waals surface area contributed by atoms with Gasteiger partial charge < -0.3 is 0 Å². The Kier molecular flexibility index (Phi) is 4.26. The molecule has 0 amide bonds. The zero-order valence-electron chi connectivity index (χ0n) is 14.8. The van der Waals surface area contributed by atoms with Gasteiger partial charge in [-0.05, 0) is 59.8 Å². The predicted molar refractivity (Wildman–Crippen MR) is 98.8 cm³/mol. The highest BCUT2D eigenvalue weighted by molar-refractivity contribution is 5.79. The number of halogens is 3. The second-order valence-corrected chi connectivity index (χ2v) is 6.86. The van der Waals surface area contributed by atoms with Crippen LogP contribution in [-0.2, 0) is 6.42 Å². The Morgan fingerprint density at radius 2 is 1.77 bits per heavy atom. The van der Waals surface area contributed by atoms with Crippen molar-refractivity contribution in [3.63, 3.8) is 0 Å². The molecule has 3 aliphatic carbocycles. The van der Waals surface area contributed by atoms with Gasteiger partial charge >= 0.3 is 0 Å². The van der Waals surface area contributed by atoms with E-state index < -0.39 is 11.7 Å². The van der Waals surface area contributed by atoms with Crippen molar-refractivity contribution in [2.75, 3.05) is 0 Å². The van der Waals surface area contributed by atoms with Gasteiger partial charge in [-0.15, -0.1) is 0 Å². The van der Waals surface area contributed by atoms with Crippen molar-refractivity contribution in [1.29, 1.82) is 0 Å². The van der Waals surface area contributed by atoms with Gasteiger partial charge in [-0.25, -0.2) is 13.2 Å². The van der Waals surface area contributed by atoms with Crippen LogP contribution in [0.25, 0.3) is 11.1 Å². The van der Waals surface area contributed by atoms with E-state index in [0.29, 0.717) is 12.0 Å². The van der Waals surface area contributed by atoms with Crippen LogP contribution in [0.5, 0.6) is 0 Å². The van der Waals surface area contributed by atoms with Crippen molar-refractivity contribution in [3.05, 3.63) is 93.4 Å². The third kappa shape index (κ3) is 2.70. The van der Waals surface area contributed by atoms with Gasteiger partial charge in [0.05, 0.1) is 6.42 Å². The molecule has 0 unspecified atom stereocenters. The molecule has 0 heterocycles. The molecule has 132 valence electrons. The maximum atomic E-state index is 15.2. The summed E-state index contributed by atoms with van der Waals surface area (Å²) in [6.45, 7) is 3.49. The standard InChI is InChI=1S/C23H19F3/c1-3-14-4-6-17-15(10-14)5-7-20-19(17)9-8-18(23(20)26)16-11-21(24)13(2)22(25)12-16/h4,6,8-12H,3,5,7H2,1-2H3. The van der Waals surface area contributed by atoms with E-state index in [4.69, 9.17) is 0 Å². The summed E-state index contributed by atoms with van der Waals surface area (Å²) in [5, 5.41) is 1.12. The number of fused-ring (bicyclic) bond motifs is 2. The van der Waals surface area contributed by atoms with Crippen LogP contribution in [0.15, 0.2) is 58.7 Å². The molecule has 3 heteroatoms. The number of benzene rings is 1. The Morgan fingerprint density at radius 3 is 2.50 bits per heavy atom. The number of rotatable bonds is 1. The third-order valence-corrected chi connectivity index (χ3v) is 5.35. The molecule has 0 bridgehead atoms. The summed E-state index contributed by atoms with van der Waals surface area (Å²) in [5.41, 5.74) is 4.37. The first-order valence-electron chi connectivity index (χ1n) is 8.89. The van der Waals surface area contributed by atoms with Crippen molar-refractivity contribution in [2.24, 2.45) is 0 Å². The van der Waals surface area contributed by atoms with Gasteiger partial charge in [0.25, 0.3) is 0 Å². The molecule has 0 spiro atoms. The van der Waals surface area contributed by atoms with E-state index in [1.807, 2.05) is 6.07 Å². The summed E-state index contributed by atoms with van der Waals surface area (Å²) in [7, 11) is 0. The summed E-state index contributed by atoms with van der Waals surface area (Å²) < 4.78 is 43.0. The minimum atomic E-state index is -0.658. The average molecular weight is 352 g/mol. The highest BCUT2D eigenvalue weighted by atomic mass is 19.1. The summed E-state index contributed by atoms with van der Waals surface area (Å²) in [5.74, 6) is -1.69. The van der Waals surface area contributed by atoms with Crippen molar-refractivity contribution in [3.8, 4) is 0 Å². The van der Waals surface area contributed by atoms with E-state index in [9.17, 15) is 8.78 Å². The first-order chi connectivity index (χ1) is 12.5. The van der Waals surface area contributed by atoms with Crippen molar-refractivity contribution >= 4 is 11.1 Å². The quantitative estimate of drug-likeness (QED) is 0.676. The minimum absolute atomic E-state index is 0.0484. The summed E-state index contributed by atoms with van der Waals surface area (Å²) >= 11 is 0. The Balaban J connectivity index is 1.91. The number of allylic oxidation sites excluding steroid dienone is 8. The fraction of sp³-hybridized carbons (Fsp3) is 0.217. The molecule has 0 atom stereocenters. The van der Waals surface area contributed by atoms with Crippen molar-refractivity contribution < 1.29 is 13.2 Å². The molecule has 4 rings (SSSR count). The maximum Gasteiger partial charge on any atom is 0.134 e. The van der Waals surface area contributed by atoms with Gasteiger partial charge in [-0.2, -0.15) is 0 Å². The predicted octanol–water partition coefficient (Wildman–Crippen LogP) is 4.87. The highest BCUT2D eigenvalue weighted by Gasteiger charge is 2.22. The van der Waals surface area contributed by atoms with E-state index in [2.05, 4.69) is 25.5 Å². The molecule has 0 aromatic heterocycles. The molecule has 1 aromatic carbocycles. The van der Waals surface area contributed by atoms with Crippen LogP contribution in [0.4, 0.5) is 13.2 Å². The monoisotopic (exact) mass is 352 g/mol. The molecule has 0 N–H and O–H groups in total. The fourth-order valence-corrected chi connectivity index (χ4v) is 3.74. The Morgan fingerprint density at radius 1 is 1.00 bits per heavy atom. The minimum Gasteiger partial charge on any atom is -0.211 e. The Hall–Kier alpha value is -2.29. The molecule has 0 fully saturated rings. The molecular weight excluding hydrogens is 333 g/mol. The van der Waals surface area contributed by atoms with E-state index >= 15 is 4.39 Å². The van der Waals surface area contributed by atoms with Crippen LogP contribution in [-0.4, -0.2) is 0 Å². The second kappa shape index (κ2) is 6.46. The molecule has 1 aromatic rings. The maximum absolute atomic E-state index is 15.2. The molecule has 0 saturated heterocycles. The first-order valence-corrected chi connectivity index (χ1v) is 8.89. The zero-order valence-corrected chi connectivity index (χ0v) is 14.8. The molecular formula is C23H19F3. The van der Waals surface area contributed by atoms with Gasteiger partial charge in [-0.1, -0.05) is 36.8 Å². The summed E-state index contributed by atoms with van der Waals surface area (Å²) in [6.07, 6.45) is 11.0. The van der Waals surface area contributed by atoms with Gasteiger partial charge in [-0.3, -0.25) is 0 Å². The van der Waals surface area contributed by atoms with E-state index in [-0.39, 0.29) is 22.2 Å². The summed E-state index contributed by atoms with van der Waals surface area (Å²) in [4.78, 5) is 0. The lowest BCUT2D eigenvalue weighted by molar-refractivity contribution is 0.590. The third-order valence-electron chi connectivity index (χ3n) is 5.35. The van der Waals surface area contributed by atoms with Gasteiger partial charge in [0.15, 0.2) is 0 Å². The van der Waals surface area contributed by atoms with E-state index in [1.54, 1.807) is 6.07 Å². The fourth-order valence-electron chi connectivity index (χ4n) is 3.74. The largest absolute Gasteiger partial charge is 0.211 e. The van der Waals surface area contributed by atoms with Gasteiger partial charge in [0, 0.05) is 17.2 Å². The second-order valence-electron chi connectivity index (χ2n) is 6.86. The molecule has 26 heavy (non-hydrogen) atoms. The van der Waals surface area contributed by atoms with Crippen LogP contribution in [0.3, 0.4) is 0 Å². The topological polar surface area (TPSA) is 0 Å². The lowest BCUT2D eigenvalue weighted by Gasteiger charge is -2.23. The van der Waals surface area contributed by atoms with Crippen LogP contribution >= 0.6 is 0 Å². The Bertz CT molecular complexity index is 1050. The van der Waals surface area contributed by atoms with E-state index in [0.717, 1.165) is 23.6 Å². The van der Waals surface area contributed by atoms with Crippen LogP contribution in [0.1, 0.15) is 32.3 Å². The molecule has 2 radical (unpaired) electrons. The molecule has 0 saturated carbocycles. The van der Waals surface area contributed by atoms with Crippen molar-refractivity contribution in [2.45, 2.75) is 33.1 Å². The smallest absolute Gasteiger partial charge is 0.134 e. The van der Waals surface area contributed by atoms with Gasteiger partial charge in [0.2, 0.25) is 0 Å². The first kappa shape index (κ1) is 17.1. The molecule has 0 aliphatic heterocycles. The van der Waals surface area contributed by atoms with Crippen LogP contribution < -0.4 is 10.4 Å². The normalized spacial score (nSPS) is 21.7. The average Bonchev–Trinajstić information content (AvgIpc) is 2.65. The number of hydrogen-bond acceptors (Lipinski definition) is 0. The summed E-state index contributed by atoms with van der Waals surface area (Å²) in [6, 6.07) is 3.49. The van der Waals surface area contributed by atoms with Crippen molar-refractivity contribution in [1.82, 2.24) is 0 Å². The molecule has 3 aliphatic rings. The zero-order chi connectivity index (χ0) is 18.4. The van der Waals surface area contributed by atoms with Crippen LogP contribution in [0.2, 0.25) is 0 Å². The highest BCUT2D eigenvalue weighted by Crippen LogP contribution is 2.32. The van der Waals surface area contributed by atoms with Gasteiger partial charge in [0.1, 0.15) is 17.5 Å². The lowest BCUT2D eigenvalue weighted by atomic mass is 9.82.